The van der Waals surface area contributed by atoms with E-state index in [1.165, 1.54) is 0 Å². The van der Waals surface area contributed by atoms with Crippen LogP contribution in [0.3, 0.4) is 0 Å². The Balaban J connectivity index is 0.00000312. The summed E-state index contributed by atoms with van der Waals surface area (Å²) in [6, 6.07) is 35.8. The van der Waals surface area contributed by atoms with Crippen LogP contribution in [0.4, 0.5) is 0 Å². The predicted molar refractivity (Wildman–Crippen MR) is 176 cm³/mol. The molecular formula is C38H28IN5. The minimum atomic E-state index is 0. The van der Waals surface area contributed by atoms with Crippen LogP contribution < -0.4 is 28.5 Å². The molecule has 2 aliphatic heterocycles. The lowest BCUT2D eigenvalue weighted by atomic mass is 10.0. The highest BCUT2D eigenvalue weighted by Crippen LogP contribution is 2.35. The predicted octanol–water partition coefficient (Wildman–Crippen LogP) is 5.49. The van der Waals surface area contributed by atoms with Crippen molar-refractivity contribution in [3.05, 3.63) is 138 Å². The topological polar surface area (TPSA) is 61.2 Å². The summed E-state index contributed by atoms with van der Waals surface area (Å²) in [4.78, 5) is 17.8. The van der Waals surface area contributed by atoms with Crippen molar-refractivity contribution in [3.8, 4) is 33.4 Å². The Morgan fingerprint density at radius 2 is 1.05 bits per heavy atom. The third kappa shape index (κ3) is 5.07. The van der Waals surface area contributed by atoms with Gasteiger partial charge in [0.25, 0.3) is 0 Å². The molecule has 0 fully saturated rings. The second kappa shape index (κ2) is 11.5. The van der Waals surface area contributed by atoms with Crippen molar-refractivity contribution in [2.24, 2.45) is 7.05 Å². The zero-order valence-electron chi connectivity index (χ0n) is 24.0. The number of benzene rings is 2. The summed E-state index contributed by atoms with van der Waals surface area (Å²) in [5.74, 6) is 0. The number of fused-ring (bicyclic) bond motifs is 8. The first-order valence-corrected chi connectivity index (χ1v) is 14.4. The lowest BCUT2D eigenvalue weighted by molar-refractivity contribution is -0.671. The van der Waals surface area contributed by atoms with Gasteiger partial charge in [0.05, 0.1) is 22.8 Å². The van der Waals surface area contributed by atoms with E-state index in [1.54, 1.807) is 0 Å². The first kappa shape index (κ1) is 27.7. The molecule has 2 aromatic carbocycles. The van der Waals surface area contributed by atoms with E-state index in [-0.39, 0.29) is 24.0 Å². The molecule has 212 valence electrons. The van der Waals surface area contributed by atoms with Gasteiger partial charge in [0.1, 0.15) is 7.05 Å². The van der Waals surface area contributed by atoms with Gasteiger partial charge >= 0.3 is 0 Å². The Morgan fingerprint density at radius 1 is 0.523 bits per heavy atom. The van der Waals surface area contributed by atoms with Gasteiger partial charge in [-0.3, -0.25) is 0 Å². The zero-order valence-corrected chi connectivity index (χ0v) is 26.2. The van der Waals surface area contributed by atoms with Crippen LogP contribution in [0.15, 0.2) is 116 Å². The number of aryl methyl sites for hydroxylation is 1. The van der Waals surface area contributed by atoms with Gasteiger partial charge in [-0.05, 0) is 71.8 Å². The molecule has 8 bridgehead atoms. The number of aromatic nitrogens is 5. The van der Waals surface area contributed by atoms with Crippen molar-refractivity contribution in [1.29, 1.82) is 0 Å². The molecule has 6 heterocycles. The lowest BCUT2D eigenvalue weighted by Gasteiger charge is -2.05. The molecule has 0 saturated heterocycles. The van der Waals surface area contributed by atoms with E-state index in [9.17, 15) is 0 Å². The average Bonchev–Trinajstić information content (AvgIpc) is 3.85. The van der Waals surface area contributed by atoms with Crippen molar-refractivity contribution in [3.63, 3.8) is 0 Å². The minimum Gasteiger partial charge on any atom is -1.00 e. The molecule has 8 rings (SSSR count). The van der Waals surface area contributed by atoms with Crippen LogP contribution in [0.25, 0.3) is 79.8 Å². The highest BCUT2D eigenvalue weighted by atomic mass is 127. The van der Waals surface area contributed by atoms with Gasteiger partial charge < -0.3 is 33.9 Å². The molecule has 0 unspecified atom stereocenters. The first-order chi connectivity index (χ1) is 21.2. The highest BCUT2D eigenvalue weighted by Gasteiger charge is 2.17. The maximum atomic E-state index is 5.29. The summed E-state index contributed by atoms with van der Waals surface area (Å²) in [6.07, 6.45) is 12.6. The third-order valence-corrected chi connectivity index (χ3v) is 7.93. The molecule has 0 amide bonds. The quantitative estimate of drug-likeness (QED) is 0.192. The molecule has 0 atom stereocenters. The highest BCUT2D eigenvalue weighted by molar-refractivity contribution is 5.97. The molecule has 5 nitrogen and oxygen atoms in total. The van der Waals surface area contributed by atoms with E-state index < -0.39 is 0 Å². The molecule has 0 saturated carbocycles. The fourth-order valence-corrected chi connectivity index (χ4v) is 6.00. The van der Waals surface area contributed by atoms with Gasteiger partial charge in [-0.25, -0.2) is 14.5 Å². The summed E-state index contributed by atoms with van der Waals surface area (Å²) in [5, 5.41) is 0. The Bertz CT molecular complexity index is 2210. The van der Waals surface area contributed by atoms with Crippen molar-refractivity contribution < 1.29 is 28.5 Å². The fraction of sp³-hybridized carbons (Fsp3) is 0.0263. The maximum absolute atomic E-state index is 5.29. The Morgan fingerprint density at radius 3 is 1.68 bits per heavy atom. The molecule has 44 heavy (non-hydrogen) atoms. The van der Waals surface area contributed by atoms with E-state index >= 15 is 0 Å². The van der Waals surface area contributed by atoms with Crippen molar-refractivity contribution in [2.45, 2.75) is 0 Å². The number of rotatable bonds is 3. The first-order valence-electron chi connectivity index (χ1n) is 14.4. The second-order valence-corrected chi connectivity index (χ2v) is 10.8. The van der Waals surface area contributed by atoms with Crippen LogP contribution in [0.1, 0.15) is 22.8 Å². The molecule has 0 spiro atoms. The van der Waals surface area contributed by atoms with Gasteiger partial charge in [-0.1, -0.05) is 60.7 Å². The summed E-state index contributed by atoms with van der Waals surface area (Å²) < 4.78 is 2.07. The normalized spacial score (nSPS) is 11.8. The molecule has 4 aromatic heterocycles. The van der Waals surface area contributed by atoms with E-state index in [1.807, 2.05) is 25.4 Å². The molecule has 2 N–H and O–H groups in total. The summed E-state index contributed by atoms with van der Waals surface area (Å²) in [7, 11) is 2.05. The van der Waals surface area contributed by atoms with E-state index in [4.69, 9.17) is 9.97 Å². The number of halogens is 1. The van der Waals surface area contributed by atoms with Crippen LogP contribution in [0, 0.1) is 0 Å². The third-order valence-electron chi connectivity index (χ3n) is 7.93. The van der Waals surface area contributed by atoms with Gasteiger partial charge in [-0.15, -0.1) is 0 Å². The maximum Gasteiger partial charge on any atom is 0.176 e. The van der Waals surface area contributed by atoms with Crippen LogP contribution in [-0.2, 0) is 7.05 Å². The molecule has 2 aliphatic rings. The van der Waals surface area contributed by atoms with Crippen LogP contribution in [0.5, 0.6) is 0 Å². The summed E-state index contributed by atoms with van der Waals surface area (Å²) in [6.45, 7) is 0. The number of hydrogen-bond acceptors (Lipinski definition) is 2. The SMILES string of the molecule is C[n+]1cccc(-c2c3nc(c(-c4ccccc4)c4ccc(cc5nc(c(-c6ccccc6)c6ccc2[nH]6)C=C5)[nH]4)C=C3)c1.[I-]. The lowest BCUT2D eigenvalue weighted by Crippen LogP contribution is -3.00. The largest absolute Gasteiger partial charge is 1.00 e. The number of H-pyrrole nitrogens is 2. The number of hydrogen-bond donors (Lipinski definition) is 2. The molecule has 0 aliphatic carbocycles. The van der Waals surface area contributed by atoms with Crippen molar-refractivity contribution in [1.82, 2.24) is 19.9 Å². The van der Waals surface area contributed by atoms with E-state index in [2.05, 4.69) is 136 Å². The standard InChI is InChI=1S/C38H28N5.HI/c1-43-22-8-13-27(24-43)38-34-20-18-32(41-34)36(25-9-4-2-5-10-25)30-16-14-28(39-30)23-29-15-17-31(40-29)37(26-11-6-3-7-12-26)33-19-21-35(38)42-33;/h2-24,39,42H,1H3;1H/q+1;/p-1. The van der Waals surface area contributed by atoms with Gasteiger partial charge in [0.2, 0.25) is 0 Å². The number of aromatic amines is 2. The van der Waals surface area contributed by atoms with Crippen LogP contribution >= 0.6 is 0 Å². The van der Waals surface area contributed by atoms with Gasteiger partial charge in [0.15, 0.2) is 12.4 Å². The molecule has 6 aromatic rings. The van der Waals surface area contributed by atoms with Crippen LogP contribution in [0.2, 0.25) is 0 Å². The second-order valence-electron chi connectivity index (χ2n) is 10.8. The number of pyridine rings is 1. The fourth-order valence-electron chi connectivity index (χ4n) is 6.00. The number of nitrogens with zero attached hydrogens (tertiary/aromatic N) is 3. The zero-order chi connectivity index (χ0) is 28.8. The molecule has 6 heteroatoms. The average molecular weight is 682 g/mol. The molecule has 0 radical (unpaired) electrons. The monoisotopic (exact) mass is 681 g/mol. The Kier molecular flexibility index (Phi) is 7.28. The summed E-state index contributed by atoms with van der Waals surface area (Å²) >= 11 is 0. The van der Waals surface area contributed by atoms with E-state index in [0.717, 1.165) is 78.2 Å². The molecular weight excluding hydrogens is 653 g/mol. The summed E-state index contributed by atoms with van der Waals surface area (Å²) in [5.41, 5.74) is 14.1. The van der Waals surface area contributed by atoms with Crippen molar-refractivity contribution >= 4 is 46.4 Å². The van der Waals surface area contributed by atoms with Crippen LogP contribution in [-0.4, -0.2) is 19.9 Å². The smallest absolute Gasteiger partial charge is 0.176 e. The van der Waals surface area contributed by atoms with Crippen molar-refractivity contribution in [2.75, 3.05) is 0 Å². The Labute approximate surface area is 272 Å². The van der Waals surface area contributed by atoms with Gasteiger partial charge in [0, 0.05) is 50.4 Å². The number of nitrogens with one attached hydrogen (secondary N) is 2. The van der Waals surface area contributed by atoms with E-state index in [0.29, 0.717) is 0 Å². The van der Waals surface area contributed by atoms with Gasteiger partial charge in [-0.2, -0.15) is 0 Å². The Hall–Kier alpha value is -5.08. The minimum absolute atomic E-state index is 0.